The van der Waals surface area contributed by atoms with Crippen molar-refractivity contribution in [1.29, 1.82) is 0 Å². The number of para-hydroxylation sites is 1. The highest BCUT2D eigenvalue weighted by molar-refractivity contribution is 5.81. The molecule has 1 fully saturated rings. The van der Waals surface area contributed by atoms with Crippen molar-refractivity contribution in [2.45, 2.75) is 6.92 Å². The van der Waals surface area contributed by atoms with Crippen LogP contribution in [0.15, 0.2) is 42.6 Å². The molecule has 1 saturated heterocycles. The Balaban J connectivity index is 1.80. The monoisotopic (exact) mass is 294 g/mol. The first-order chi connectivity index (χ1) is 10.8. The van der Waals surface area contributed by atoms with Crippen LogP contribution in [0.2, 0.25) is 0 Å². The van der Waals surface area contributed by atoms with Crippen molar-refractivity contribution in [3.05, 3.63) is 48.3 Å². The average Bonchev–Trinajstić information content (AvgIpc) is 2.99. The molecule has 5 heteroatoms. The first kappa shape index (κ1) is 13.3. The summed E-state index contributed by atoms with van der Waals surface area (Å²) in [5, 5.41) is 1.19. The number of rotatable bonds is 2. The van der Waals surface area contributed by atoms with E-state index in [4.69, 9.17) is 9.72 Å². The standard InChI is InChI=1S/C17H18N4O/c1-13-12-16(20-8-10-22-11-9-20)19-17(18-13)21-7-6-14-4-2-3-5-15(14)21/h2-7,12H,8-11H2,1H3. The summed E-state index contributed by atoms with van der Waals surface area (Å²) in [6, 6.07) is 12.4. The van der Waals surface area contributed by atoms with Crippen molar-refractivity contribution in [2.75, 3.05) is 31.2 Å². The summed E-state index contributed by atoms with van der Waals surface area (Å²) in [6.07, 6.45) is 2.03. The molecular weight excluding hydrogens is 276 g/mol. The molecule has 0 bridgehead atoms. The average molecular weight is 294 g/mol. The molecule has 0 spiro atoms. The van der Waals surface area contributed by atoms with E-state index in [2.05, 4.69) is 28.1 Å². The van der Waals surface area contributed by atoms with Gasteiger partial charge in [0.2, 0.25) is 5.95 Å². The molecule has 1 aliphatic heterocycles. The maximum absolute atomic E-state index is 5.42. The number of hydrogen-bond donors (Lipinski definition) is 0. The van der Waals surface area contributed by atoms with Crippen LogP contribution in [0.1, 0.15) is 5.69 Å². The van der Waals surface area contributed by atoms with E-state index in [0.29, 0.717) is 0 Å². The largest absolute Gasteiger partial charge is 0.378 e. The summed E-state index contributed by atoms with van der Waals surface area (Å²) in [4.78, 5) is 11.6. The van der Waals surface area contributed by atoms with Crippen LogP contribution in [0, 0.1) is 6.92 Å². The van der Waals surface area contributed by atoms with Gasteiger partial charge in [-0.1, -0.05) is 18.2 Å². The fraction of sp³-hybridized carbons (Fsp3) is 0.294. The Morgan fingerprint density at radius 3 is 2.73 bits per heavy atom. The van der Waals surface area contributed by atoms with Crippen LogP contribution >= 0.6 is 0 Å². The van der Waals surface area contributed by atoms with Gasteiger partial charge >= 0.3 is 0 Å². The molecule has 112 valence electrons. The Kier molecular flexibility index (Phi) is 3.27. The summed E-state index contributed by atoms with van der Waals surface area (Å²) in [6.45, 7) is 5.28. The topological polar surface area (TPSA) is 43.2 Å². The number of morpholine rings is 1. The predicted molar refractivity (Wildman–Crippen MR) is 86.6 cm³/mol. The van der Waals surface area contributed by atoms with Gasteiger partial charge in [-0.25, -0.2) is 4.98 Å². The van der Waals surface area contributed by atoms with Crippen molar-refractivity contribution < 1.29 is 4.74 Å². The normalized spacial score (nSPS) is 15.4. The van der Waals surface area contributed by atoms with Gasteiger partial charge in [0.1, 0.15) is 5.82 Å². The van der Waals surface area contributed by atoms with Gasteiger partial charge in [-0.15, -0.1) is 0 Å². The van der Waals surface area contributed by atoms with Crippen molar-refractivity contribution >= 4 is 16.7 Å². The number of hydrogen-bond acceptors (Lipinski definition) is 4. The lowest BCUT2D eigenvalue weighted by Gasteiger charge is -2.28. The molecule has 1 aliphatic rings. The third-order valence-corrected chi connectivity index (χ3v) is 3.98. The number of fused-ring (bicyclic) bond motifs is 1. The second-order valence-corrected chi connectivity index (χ2v) is 5.51. The van der Waals surface area contributed by atoms with Gasteiger partial charge in [-0.2, -0.15) is 4.98 Å². The van der Waals surface area contributed by atoms with Crippen LogP contribution in [-0.2, 0) is 4.74 Å². The third-order valence-electron chi connectivity index (χ3n) is 3.98. The van der Waals surface area contributed by atoms with Crippen LogP contribution in [-0.4, -0.2) is 40.8 Å². The quantitative estimate of drug-likeness (QED) is 0.728. The lowest BCUT2D eigenvalue weighted by Crippen LogP contribution is -2.37. The molecule has 0 saturated carbocycles. The predicted octanol–water partition coefficient (Wildman–Crippen LogP) is 2.57. The van der Waals surface area contributed by atoms with Gasteiger partial charge in [0.05, 0.1) is 18.7 Å². The van der Waals surface area contributed by atoms with E-state index < -0.39 is 0 Å². The molecule has 2 aromatic heterocycles. The van der Waals surface area contributed by atoms with Crippen molar-refractivity contribution in [1.82, 2.24) is 14.5 Å². The second kappa shape index (κ2) is 5.42. The van der Waals surface area contributed by atoms with E-state index in [0.717, 1.165) is 49.3 Å². The molecule has 0 radical (unpaired) electrons. The second-order valence-electron chi connectivity index (χ2n) is 5.51. The van der Waals surface area contributed by atoms with E-state index in [1.54, 1.807) is 0 Å². The molecule has 0 amide bonds. The van der Waals surface area contributed by atoms with Crippen molar-refractivity contribution in [3.8, 4) is 5.95 Å². The van der Waals surface area contributed by atoms with E-state index in [-0.39, 0.29) is 0 Å². The van der Waals surface area contributed by atoms with Crippen LogP contribution in [0.5, 0.6) is 0 Å². The zero-order chi connectivity index (χ0) is 14.9. The molecule has 3 aromatic rings. The molecule has 1 aromatic carbocycles. The highest BCUT2D eigenvalue weighted by atomic mass is 16.5. The number of aryl methyl sites for hydroxylation is 1. The van der Waals surface area contributed by atoms with Crippen LogP contribution in [0.3, 0.4) is 0 Å². The Labute approximate surface area is 129 Å². The first-order valence-electron chi connectivity index (χ1n) is 7.56. The fourth-order valence-corrected chi connectivity index (χ4v) is 2.86. The summed E-state index contributed by atoms with van der Waals surface area (Å²) >= 11 is 0. The number of ether oxygens (including phenoxy) is 1. The minimum absolute atomic E-state index is 0.725. The van der Waals surface area contributed by atoms with Gasteiger partial charge < -0.3 is 9.64 Å². The Bertz CT molecular complexity index is 805. The number of aromatic nitrogens is 3. The Hall–Kier alpha value is -2.40. The Morgan fingerprint density at radius 1 is 1.05 bits per heavy atom. The van der Waals surface area contributed by atoms with E-state index in [1.807, 2.05) is 35.9 Å². The summed E-state index contributed by atoms with van der Waals surface area (Å²) in [5.74, 6) is 1.70. The minimum atomic E-state index is 0.725. The molecule has 0 unspecified atom stereocenters. The first-order valence-corrected chi connectivity index (χ1v) is 7.56. The van der Waals surface area contributed by atoms with Gasteiger partial charge in [0.15, 0.2) is 0 Å². The van der Waals surface area contributed by atoms with Gasteiger partial charge in [0, 0.05) is 36.4 Å². The van der Waals surface area contributed by atoms with Gasteiger partial charge in [-0.3, -0.25) is 4.57 Å². The summed E-state index contributed by atoms with van der Waals surface area (Å²) in [7, 11) is 0. The molecule has 0 aliphatic carbocycles. The highest BCUT2D eigenvalue weighted by Gasteiger charge is 2.15. The zero-order valence-electron chi connectivity index (χ0n) is 12.6. The van der Waals surface area contributed by atoms with Gasteiger partial charge in [0.25, 0.3) is 0 Å². The van der Waals surface area contributed by atoms with E-state index in [9.17, 15) is 0 Å². The maximum Gasteiger partial charge on any atom is 0.236 e. The molecule has 0 N–H and O–H groups in total. The molecule has 3 heterocycles. The number of nitrogens with zero attached hydrogens (tertiary/aromatic N) is 4. The zero-order valence-corrected chi connectivity index (χ0v) is 12.6. The highest BCUT2D eigenvalue weighted by Crippen LogP contribution is 2.21. The van der Waals surface area contributed by atoms with Crippen LogP contribution in [0.25, 0.3) is 16.9 Å². The van der Waals surface area contributed by atoms with Crippen molar-refractivity contribution in [2.24, 2.45) is 0 Å². The van der Waals surface area contributed by atoms with Crippen LogP contribution < -0.4 is 4.90 Å². The van der Waals surface area contributed by atoms with Crippen LogP contribution in [0.4, 0.5) is 5.82 Å². The maximum atomic E-state index is 5.42. The van der Waals surface area contributed by atoms with E-state index >= 15 is 0 Å². The molecule has 4 rings (SSSR count). The SMILES string of the molecule is Cc1cc(N2CCOCC2)nc(-n2ccc3ccccc32)n1. The lowest BCUT2D eigenvalue weighted by atomic mass is 10.2. The third kappa shape index (κ3) is 2.33. The molecule has 0 atom stereocenters. The molecule has 5 nitrogen and oxygen atoms in total. The van der Waals surface area contributed by atoms with E-state index in [1.165, 1.54) is 5.39 Å². The number of anilines is 1. The smallest absolute Gasteiger partial charge is 0.236 e. The Morgan fingerprint density at radius 2 is 1.86 bits per heavy atom. The lowest BCUT2D eigenvalue weighted by molar-refractivity contribution is 0.122. The molecular formula is C17H18N4O. The number of benzene rings is 1. The fourth-order valence-electron chi connectivity index (χ4n) is 2.86. The van der Waals surface area contributed by atoms with Gasteiger partial charge in [-0.05, 0) is 19.1 Å². The molecule has 22 heavy (non-hydrogen) atoms. The minimum Gasteiger partial charge on any atom is -0.378 e. The summed E-state index contributed by atoms with van der Waals surface area (Å²) in [5.41, 5.74) is 2.10. The summed E-state index contributed by atoms with van der Waals surface area (Å²) < 4.78 is 7.47. The van der Waals surface area contributed by atoms with Crippen molar-refractivity contribution in [3.63, 3.8) is 0 Å².